The fourth-order valence-corrected chi connectivity index (χ4v) is 3.87. The van der Waals surface area contributed by atoms with E-state index >= 15 is 0 Å². The number of aromatic nitrogens is 6. The molecule has 2 aromatic carbocycles. The SMILES string of the molecule is Cc1ccccc1-n1nc(C)c(CN(C)C(=O)CCCn2nnc(-c3ccccc3)n2)c1C. The molecule has 0 bridgehead atoms. The molecule has 2 aromatic heterocycles. The van der Waals surface area contributed by atoms with Crippen molar-refractivity contribution in [2.45, 2.75) is 46.7 Å². The van der Waals surface area contributed by atoms with Crippen molar-refractivity contribution in [3.63, 3.8) is 0 Å². The molecule has 4 aromatic rings. The Morgan fingerprint density at radius 1 is 0.970 bits per heavy atom. The quantitative estimate of drug-likeness (QED) is 0.413. The van der Waals surface area contributed by atoms with Crippen LogP contribution >= 0.6 is 0 Å². The highest BCUT2D eigenvalue weighted by atomic mass is 16.2. The van der Waals surface area contributed by atoms with Gasteiger partial charge in [-0.05, 0) is 44.0 Å². The van der Waals surface area contributed by atoms with Crippen LogP contribution in [0.25, 0.3) is 17.1 Å². The lowest BCUT2D eigenvalue weighted by Crippen LogP contribution is -2.26. The summed E-state index contributed by atoms with van der Waals surface area (Å²) in [5, 5.41) is 17.4. The van der Waals surface area contributed by atoms with Crippen LogP contribution in [0.2, 0.25) is 0 Å². The Kier molecular flexibility index (Phi) is 6.63. The van der Waals surface area contributed by atoms with E-state index in [1.807, 2.05) is 61.1 Å². The second-order valence-corrected chi connectivity index (χ2v) is 8.28. The lowest BCUT2D eigenvalue weighted by atomic mass is 10.1. The number of para-hydroxylation sites is 1. The van der Waals surface area contributed by atoms with Crippen LogP contribution in [0.1, 0.15) is 35.4 Å². The maximum absolute atomic E-state index is 12.8. The first-order chi connectivity index (χ1) is 15.9. The number of rotatable bonds is 8. The normalized spacial score (nSPS) is 11.0. The van der Waals surface area contributed by atoms with Gasteiger partial charge in [0, 0.05) is 36.8 Å². The van der Waals surface area contributed by atoms with Crippen molar-refractivity contribution in [2.24, 2.45) is 0 Å². The number of carbonyl (C=O) groups is 1. The molecule has 4 rings (SSSR count). The maximum atomic E-state index is 12.8. The van der Waals surface area contributed by atoms with Gasteiger partial charge in [-0.1, -0.05) is 48.5 Å². The number of aryl methyl sites for hydroxylation is 3. The molecular weight excluding hydrogens is 414 g/mol. The number of tetrazole rings is 1. The highest BCUT2D eigenvalue weighted by Gasteiger charge is 2.18. The number of hydrogen-bond donors (Lipinski definition) is 0. The third kappa shape index (κ3) is 5.00. The molecule has 0 unspecified atom stereocenters. The van der Waals surface area contributed by atoms with E-state index in [4.69, 9.17) is 5.10 Å². The number of benzene rings is 2. The topological polar surface area (TPSA) is 81.7 Å². The molecule has 0 saturated heterocycles. The average molecular weight is 444 g/mol. The van der Waals surface area contributed by atoms with Crippen LogP contribution in [0.3, 0.4) is 0 Å². The van der Waals surface area contributed by atoms with Gasteiger partial charge in [0.1, 0.15) is 0 Å². The van der Waals surface area contributed by atoms with Gasteiger partial charge in [-0.25, -0.2) is 4.68 Å². The molecule has 0 aliphatic heterocycles. The van der Waals surface area contributed by atoms with Crippen molar-refractivity contribution >= 4 is 5.91 Å². The highest BCUT2D eigenvalue weighted by Crippen LogP contribution is 2.21. The highest BCUT2D eigenvalue weighted by molar-refractivity contribution is 5.75. The first-order valence-corrected chi connectivity index (χ1v) is 11.1. The molecule has 2 heterocycles. The lowest BCUT2D eigenvalue weighted by molar-refractivity contribution is -0.130. The predicted molar refractivity (Wildman–Crippen MR) is 127 cm³/mol. The third-order valence-electron chi connectivity index (χ3n) is 5.84. The molecule has 8 nitrogen and oxygen atoms in total. The Balaban J connectivity index is 1.34. The van der Waals surface area contributed by atoms with Gasteiger partial charge >= 0.3 is 0 Å². The molecule has 8 heteroatoms. The van der Waals surface area contributed by atoms with Crippen LogP contribution in [-0.4, -0.2) is 47.8 Å². The van der Waals surface area contributed by atoms with Crippen molar-refractivity contribution in [2.75, 3.05) is 7.05 Å². The summed E-state index contributed by atoms with van der Waals surface area (Å²) in [5.41, 5.74) is 6.23. The van der Waals surface area contributed by atoms with Gasteiger partial charge in [0.05, 0.1) is 17.9 Å². The molecule has 0 atom stereocenters. The van der Waals surface area contributed by atoms with Gasteiger partial charge < -0.3 is 4.90 Å². The van der Waals surface area contributed by atoms with E-state index in [0.29, 0.717) is 31.8 Å². The first-order valence-electron chi connectivity index (χ1n) is 11.1. The third-order valence-corrected chi connectivity index (χ3v) is 5.84. The zero-order valence-electron chi connectivity index (χ0n) is 19.6. The zero-order chi connectivity index (χ0) is 23.4. The summed E-state index contributed by atoms with van der Waals surface area (Å²) in [6, 6.07) is 17.9. The van der Waals surface area contributed by atoms with Crippen molar-refractivity contribution < 1.29 is 4.79 Å². The molecule has 0 fully saturated rings. The number of hydrogen-bond acceptors (Lipinski definition) is 5. The minimum Gasteiger partial charge on any atom is -0.341 e. The number of amides is 1. The Labute approximate surface area is 193 Å². The largest absolute Gasteiger partial charge is 0.341 e. The van der Waals surface area contributed by atoms with E-state index in [1.165, 1.54) is 0 Å². The van der Waals surface area contributed by atoms with E-state index in [1.54, 1.807) is 9.70 Å². The summed E-state index contributed by atoms with van der Waals surface area (Å²) in [4.78, 5) is 16.1. The maximum Gasteiger partial charge on any atom is 0.222 e. The van der Waals surface area contributed by atoms with Gasteiger partial charge in [0.2, 0.25) is 11.7 Å². The van der Waals surface area contributed by atoms with Crippen LogP contribution in [-0.2, 0) is 17.9 Å². The van der Waals surface area contributed by atoms with Crippen LogP contribution in [0.15, 0.2) is 54.6 Å². The van der Waals surface area contributed by atoms with E-state index < -0.39 is 0 Å². The van der Waals surface area contributed by atoms with Crippen molar-refractivity contribution in [1.29, 1.82) is 0 Å². The van der Waals surface area contributed by atoms with E-state index in [9.17, 15) is 4.79 Å². The molecule has 0 saturated carbocycles. The average Bonchev–Trinajstić information content (AvgIpc) is 3.40. The number of carbonyl (C=O) groups excluding carboxylic acids is 1. The molecule has 0 radical (unpaired) electrons. The van der Waals surface area contributed by atoms with Gasteiger partial charge in [0.15, 0.2) is 0 Å². The Hall–Kier alpha value is -3.81. The van der Waals surface area contributed by atoms with Crippen molar-refractivity contribution in [3.05, 3.63) is 77.1 Å². The van der Waals surface area contributed by atoms with Crippen molar-refractivity contribution in [3.8, 4) is 17.1 Å². The molecule has 0 N–H and O–H groups in total. The Bertz CT molecular complexity index is 1240. The van der Waals surface area contributed by atoms with Crippen LogP contribution in [0.5, 0.6) is 0 Å². The standard InChI is InChI=1S/C25H29N7O/c1-18-11-8-9-14-23(18)32-20(3)22(19(2)27-32)17-30(4)24(33)15-10-16-31-28-25(26-29-31)21-12-6-5-7-13-21/h5-9,11-14H,10,15-17H2,1-4H3. The van der Waals surface area contributed by atoms with Gasteiger partial charge in [-0.3, -0.25) is 4.79 Å². The summed E-state index contributed by atoms with van der Waals surface area (Å²) in [6.07, 6.45) is 1.07. The number of nitrogens with zero attached hydrogens (tertiary/aromatic N) is 7. The molecule has 33 heavy (non-hydrogen) atoms. The van der Waals surface area contributed by atoms with Gasteiger partial charge in [-0.15, -0.1) is 10.2 Å². The fraction of sp³-hybridized carbons (Fsp3) is 0.320. The zero-order valence-corrected chi connectivity index (χ0v) is 19.6. The van der Waals surface area contributed by atoms with Crippen LogP contribution in [0.4, 0.5) is 0 Å². The smallest absolute Gasteiger partial charge is 0.222 e. The van der Waals surface area contributed by atoms with Crippen LogP contribution in [0, 0.1) is 20.8 Å². The summed E-state index contributed by atoms with van der Waals surface area (Å²) >= 11 is 0. The summed E-state index contributed by atoms with van der Waals surface area (Å²) in [6.45, 7) is 7.20. The minimum absolute atomic E-state index is 0.0841. The molecule has 0 spiro atoms. The lowest BCUT2D eigenvalue weighted by Gasteiger charge is -2.17. The van der Waals surface area contributed by atoms with Gasteiger partial charge in [-0.2, -0.15) is 9.90 Å². The predicted octanol–water partition coefficient (Wildman–Crippen LogP) is 3.89. The Morgan fingerprint density at radius 3 is 2.45 bits per heavy atom. The monoisotopic (exact) mass is 443 g/mol. The molecular formula is C25H29N7O. The molecule has 170 valence electrons. The first kappa shape index (κ1) is 22.4. The second-order valence-electron chi connectivity index (χ2n) is 8.28. The van der Waals surface area contributed by atoms with E-state index in [0.717, 1.165) is 33.8 Å². The Morgan fingerprint density at radius 2 is 1.70 bits per heavy atom. The van der Waals surface area contributed by atoms with Crippen LogP contribution < -0.4 is 0 Å². The molecule has 0 aliphatic rings. The molecule has 0 aliphatic carbocycles. The van der Waals surface area contributed by atoms with E-state index in [2.05, 4.69) is 41.4 Å². The van der Waals surface area contributed by atoms with Gasteiger partial charge in [0.25, 0.3) is 0 Å². The van der Waals surface area contributed by atoms with Crippen molar-refractivity contribution in [1.82, 2.24) is 34.9 Å². The fourth-order valence-electron chi connectivity index (χ4n) is 3.87. The molecule has 1 amide bonds. The minimum atomic E-state index is 0.0841. The summed E-state index contributed by atoms with van der Waals surface area (Å²) < 4.78 is 1.97. The second kappa shape index (κ2) is 9.77. The summed E-state index contributed by atoms with van der Waals surface area (Å²) in [7, 11) is 1.84. The van der Waals surface area contributed by atoms with E-state index in [-0.39, 0.29) is 5.91 Å². The summed E-state index contributed by atoms with van der Waals surface area (Å²) in [5.74, 6) is 0.677.